The van der Waals surface area contributed by atoms with Gasteiger partial charge in [0.15, 0.2) is 11.5 Å². The van der Waals surface area contributed by atoms with Crippen molar-refractivity contribution in [3.05, 3.63) is 54.0 Å². The molecular formula is C20H21FN4O. The second kappa shape index (κ2) is 6.52. The highest BCUT2D eigenvalue weighted by Crippen LogP contribution is 2.25. The Hall–Kier alpha value is -2.76. The molecule has 1 aliphatic rings. The van der Waals surface area contributed by atoms with E-state index in [1.54, 1.807) is 22.6 Å². The summed E-state index contributed by atoms with van der Waals surface area (Å²) in [5.74, 6) is 1.28. The molecule has 1 aliphatic heterocycles. The average Bonchev–Trinajstić information content (AvgIpc) is 3.05. The van der Waals surface area contributed by atoms with E-state index in [9.17, 15) is 9.18 Å². The zero-order valence-electron chi connectivity index (χ0n) is 14.9. The molecule has 2 atom stereocenters. The van der Waals surface area contributed by atoms with Gasteiger partial charge < -0.3 is 4.90 Å². The molecule has 0 radical (unpaired) electrons. The Morgan fingerprint density at radius 3 is 2.46 bits per heavy atom. The number of fused-ring (bicyclic) bond motifs is 1. The highest BCUT2D eigenvalue weighted by Gasteiger charge is 2.28. The number of piperidine rings is 1. The van der Waals surface area contributed by atoms with E-state index in [0.717, 1.165) is 25.1 Å². The van der Waals surface area contributed by atoms with Crippen molar-refractivity contribution in [2.45, 2.75) is 20.3 Å². The first kappa shape index (κ1) is 16.7. The van der Waals surface area contributed by atoms with Crippen molar-refractivity contribution in [3.8, 4) is 11.4 Å². The first-order valence-electron chi connectivity index (χ1n) is 8.92. The molecule has 0 spiro atoms. The number of hydrogen-bond donors (Lipinski definition) is 0. The van der Waals surface area contributed by atoms with Gasteiger partial charge in [-0.15, -0.1) is 10.2 Å². The smallest absolute Gasteiger partial charge is 0.257 e. The fourth-order valence-electron chi connectivity index (χ4n) is 3.88. The van der Waals surface area contributed by atoms with Crippen molar-refractivity contribution in [2.75, 3.05) is 13.1 Å². The van der Waals surface area contributed by atoms with Crippen LogP contribution in [0.2, 0.25) is 0 Å². The largest absolute Gasteiger partial charge is 0.338 e. The summed E-state index contributed by atoms with van der Waals surface area (Å²) in [6, 6.07) is 9.73. The predicted molar refractivity (Wildman–Crippen MR) is 97.2 cm³/mol. The van der Waals surface area contributed by atoms with Gasteiger partial charge in [0.2, 0.25) is 0 Å². The molecule has 134 valence electrons. The fourth-order valence-corrected chi connectivity index (χ4v) is 3.88. The third-order valence-corrected chi connectivity index (χ3v) is 4.92. The average molecular weight is 352 g/mol. The van der Waals surface area contributed by atoms with Crippen LogP contribution in [0.25, 0.3) is 17.0 Å². The van der Waals surface area contributed by atoms with Gasteiger partial charge in [-0.1, -0.05) is 13.8 Å². The summed E-state index contributed by atoms with van der Waals surface area (Å²) in [5, 5.41) is 8.48. The Labute approximate surface area is 151 Å². The number of aromatic nitrogens is 3. The Bertz CT molecular complexity index is 940. The van der Waals surface area contributed by atoms with Gasteiger partial charge in [0.1, 0.15) is 5.82 Å². The molecule has 1 amide bonds. The maximum absolute atomic E-state index is 13.2. The van der Waals surface area contributed by atoms with Crippen LogP contribution in [0, 0.1) is 17.7 Å². The second-order valence-corrected chi connectivity index (χ2v) is 7.30. The van der Waals surface area contributed by atoms with Crippen molar-refractivity contribution in [3.63, 3.8) is 0 Å². The van der Waals surface area contributed by atoms with Crippen molar-refractivity contribution >= 4 is 11.6 Å². The molecule has 0 aliphatic carbocycles. The molecule has 1 aromatic carbocycles. The molecule has 1 saturated heterocycles. The summed E-state index contributed by atoms with van der Waals surface area (Å²) in [6.07, 6.45) is 2.97. The van der Waals surface area contributed by atoms with Crippen LogP contribution < -0.4 is 0 Å². The van der Waals surface area contributed by atoms with Gasteiger partial charge in [-0.2, -0.15) is 0 Å². The Balaban J connectivity index is 1.73. The van der Waals surface area contributed by atoms with Crippen molar-refractivity contribution in [1.82, 2.24) is 19.5 Å². The van der Waals surface area contributed by atoms with Gasteiger partial charge in [0.05, 0.1) is 5.56 Å². The molecule has 1 fully saturated rings. The number of likely N-dealkylation sites (tertiary alicyclic amines) is 1. The zero-order valence-corrected chi connectivity index (χ0v) is 14.9. The highest BCUT2D eigenvalue weighted by molar-refractivity contribution is 6.00. The molecule has 5 nitrogen and oxygen atoms in total. The molecule has 3 aromatic rings. The summed E-state index contributed by atoms with van der Waals surface area (Å²) < 4.78 is 15.0. The lowest BCUT2D eigenvalue weighted by Crippen LogP contribution is -2.42. The van der Waals surface area contributed by atoms with Gasteiger partial charge in [-0.3, -0.25) is 9.20 Å². The van der Waals surface area contributed by atoms with Crippen molar-refractivity contribution in [2.24, 2.45) is 11.8 Å². The fraction of sp³-hybridized carbons (Fsp3) is 0.350. The van der Waals surface area contributed by atoms with Gasteiger partial charge in [-0.05, 0) is 54.7 Å². The third kappa shape index (κ3) is 2.96. The molecule has 26 heavy (non-hydrogen) atoms. The van der Waals surface area contributed by atoms with E-state index in [-0.39, 0.29) is 11.7 Å². The standard InChI is InChI=1S/C20H21FN4O/c1-13-10-14(2)12-24(11-13)20(26)17-4-3-9-25-18(22-23-19(17)25)15-5-7-16(21)8-6-15/h3-9,13-14H,10-12H2,1-2H3/t13-,14-/m0/s1. The maximum atomic E-state index is 13.2. The number of carbonyl (C=O) groups excluding carboxylic acids is 1. The zero-order chi connectivity index (χ0) is 18.3. The minimum absolute atomic E-state index is 0.00736. The normalized spacial score (nSPS) is 20.5. The van der Waals surface area contributed by atoms with Gasteiger partial charge >= 0.3 is 0 Å². The first-order valence-corrected chi connectivity index (χ1v) is 8.92. The minimum atomic E-state index is -0.299. The molecule has 0 saturated carbocycles. The molecule has 0 unspecified atom stereocenters. The summed E-state index contributed by atoms with van der Waals surface area (Å²) in [7, 11) is 0. The van der Waals surface area contributed by atoms with E-state index in [1.807, 2.05) is 17.2 Å². The molecule has 0 bridgehead atoms. The number of nitrogens with zero attached hydrogens (tertiary/aromatic N) is 4. The van der Waals surface area contributed by atoms with Crippen LogP contribution in [-0.4, -0.2) is 38.5 Å². The number of pyridine rings is 1. The number of benzene rings is 1. The van der Waals surface area contributed by atoms with Crippen LogP contribution >= 0.6 is 0 Å². The van der Waals surface area contributed by atoms with Crippen LogP contribution in [0.5, 0.6) is 0 Å². The van der Waals surface area contributed by atoms with Crippen molar-refractivity contribution < 1.29 is 9.18 Å². The maximum Gasteiger partial charge on any atom is 0.257 e. The molecule has 4 rings (SSSR count). The predicted octanol–water partition coefficient (Wildman–Crippen LogP) is 3.65. The Morgan fingerprint density at radius 2 is 1.77 bits per heavy atom. The number of hydrogen-bond acceptors (Lipinski definition) is 3. The van der Waals surface area contributed by atoms with Gasteiger partial charge in [0, 0.05) is 24.8 Å². The van der Waals surface area contributed by atoms with Crippen LogP contribution in [-0.2, 0) is 0 Å². The second-order valence-electron chi connectivity index (χ2n) is 7.30. The minimum Gasteiger partial charge on any atom is -0.338 e. The van der Waals surface area contributed by atoms with Gasteiger partial charge in [0.25, 0.3) is 5.91 Å². The Morgan fingerprint density at radius 1 is 1.08 bits per heavy atom. The monoisotopic (exact) mass is 352 g/mol. The summed E-state index contributed by atoms with van der Waals surface area (Å²) in [5.41, 5.74) is 1.83. The van der Waals surface area contributed by atoms with E-state index in [2.05, 4.69) is 24.0 Å². The molecular weight excluding hydrogens is 331 g/mol. The summed E-state index contributed by atoms with van der Waals surface area (Å²) >= 11 is 0. The third-order valence-electron chi connectivity index (χ3n) is 4.92. The SMILES string of the molecule is C[C@H]1C[C@H](C)CN(C(=O)c2cccn3c(-c4ccc(F)cc4)nnc23)C1. The molecule has 3 heterocycles. The van der Waals surface area contributed by atoms with E-state index in [1.165, 1.54) is 12.1 Å². The molecule has 0 N–H and O–H groups in total. The topological polar surface area (TPSA) is 50.5 Å². The van der Waals surface area contributed by atoms with Crippen LogP contribution in [0.4, 0.5) is 4.39 Å². The lowest BCUT2D eigenvalue weighted by atomic mass is 9.91. The van der Waals surface area contributed by atoms with Crippen LogP contribution in [0.3, 0.4) is 0 Å². The summed E-state index contributed by atoms with van der Waals surface area (Å²) in [6.45, 7) is 5.90. The van der Waals surface area contributed by atoms with Crippen LogP contribution in [0.15, 0.2) is 42.6 Å². The quantitative estimate of drug-likeness (QED) is 0.707. The number of amides is 1. The number of halogens is 1. The lowest BCUT2D eigenvalue weighted by molar-refractivity contribution is 0.0624. The van der Waals surface area contributed by atoms with E-state index >= 15 is 0 Å². The molecule has 2 aromatic heterocycles. The van der Waals surface area contributed by atoms with E-state index < -0.39 is 0 Å². The van der Waals surface area contributed by atoms with Gasteiger partial charge in [-0.25, -0.2) is 4.39 Å². The van der Waals surface area contributed by atoms with Crippen LogP contribution in [0.1, 0.15) is 30.6 Å². The molecule has 6 heteroatoms. The lowest BCUT2D eigenvalue weighted by Gasteiger charge is -2.35. The first-order chi connectivity index (χ1) is 12.5. The Kier molecular flexibility index (Phi) is 4.18. The number of rotatable bonds is 2. The van der Waals surface area contributed by atoms with Crippen molar-refractivity contribution in [1.29, 1.82) is 0 Å². The summed E-state index contributed by atoms with van der Waals surface area (Å²) in [4.78, 5) is 15.0. The number of carbonyl (C=O) groups is 1. The van der Waals surface area contributed by atoms with E-state index in [0.29, 0.717) is 28.9 Å². The van der Waals surface area contributed by atoms with E-state index in [4.69, 9.17) is 0 Å². The highest BCUT2D eigenvalue weighted by atomic mass is 19.1.